The molecule has 2 N–H and O–H groups in total. The van der Waals surface area contributed by atoms with Crippen molar-refractivity contribution in [2.24, 2.45) is 5.10 Å². The number of ether oxygens (including phenoxy) is 1. The molecular weight excluding hydrogens is 446 g/mol. The second-order valence-corrected chi connectivity index (χ2v) is 7.40. The lowest BCUT2D eigenvalue weighted by atomic mass is 10.2. The second kappa shape index (κ2) is 10.4. The van der Waals surface area contributed by atoms with Gasteiger partial charge in [0.15, 0.2) is 0 Å². The first-order valence-corrected chi connectivity index (χ1v) is 9.99. The van der Waals surface area contributed by atoms with Crippen molar-refractivity contribution in [1.29, 1.82) is 0 Å². The summed E-state index contributed by atoms with van der Waals surface area (Å²) in [6.07, 6.45) is 1.52. The van der Waals surface area contributed by atoms with Gasteiger partial charge in [-0.05, 0) is 67.1 Å². The molecule has 3 aromatic rings. The molecule has 152 valence electrons. The highest BCUT2D eigenvalue weighted by Crippen LogP contribution is 2.16. The lowest BCUT2D eigenvalue weighted by Crippen LogP contribution is -2.25. The summed E-state index contributed by atoms with van der Waals surface area (Å²) in [6, 6.07) is 21.6. The number of amides is 1. The number of nitrogens with one attached hydrogen (secondary N) is 2. The van der Waals surface area contributed by atoms with E-state index in [1.54, 1.807) is 42.5 Å². The minimum Gasteiger partial charge on any atom is -0.423 e. The van der Waals surface area contributed by atoms with Gasteiger partial charge in [0.05, 0.1) is 18.3 Å². The molecule has 0 aliphatic carbocycles. The number of carbonyl (C=O) groups excluding carboxylic acids is 2. The highest BCUT2D eigenvalue weighted by Gasteiger charge is 2.08. The van der Waals surface area contributed by atoms with E-state index in [2.05, 4.69) is 31.8 Å². The summed E-state index contributed by atoms with van der Waals surface area (Å²) < 4.78 is 6.16. The van der Waals surface area contributed by atoms with Crippen molar-refractivity contribution >= 4 is 39.7 Å². The largest absolute Gasteiger partial charge is 0.423 e. The van der Waals surface area contributed by atoms with E-state index in [4.69, 9.17) is 4.74 Å². The molecule has 0 saturated carbocycles. The summed E-state index contributed by atoms with van der Waals surface area (Å²) in [6.45, 7) is 2.12. The Morgan fingerprint density at radius 3 is 2.47 bits per heavy atom. The number of anilines is 1. The third-order valence-corrected chi connectivity index (χ3v) is 4.55. The quantitative estimate of drug-likeness (QED) is 0.232. The lowest BCUT2D eigenvalue weighted by Gasteiger charge is -2.06. The van der Waals surface area contributed by atoms with E-state index in [1.807, 2.05) is 37.3 Å². The Hall–Kier alpha value is -3.45. The van der Waals surface area contributed by atoms with Gasteiger partial charge in [0.25, 0.3) is 5.91 Å². The number of esters is 1. The maximum Gasteiger partial charge on any atom is 0.343 e. The highest BCUT2D eigenvalue weighted by atomic mass is 79.9. The number of nitrogens with zero attached hydrogens (tertiary/aromatic N) is 1. The zero-order valence-corrected chi connectivity index (χ0v) is 17.8. The molecule has 0 spiro atoms. The van der Waals surface area contributed by atoms with Gasteiger partial charge in [-0.15, -0.1) is 0 Å². The Bertz CT molecular complexity index is 1050. The Kier molecular flexibility index (Phi) is 7.34. The van der Waals surface area contributed by atoms with Crippen molar-refractivity contribution in [3.63, 3.8) is 0 Å². The summed E-state index contributed by atoms with van der Waals surface area (Å²) in [5.74, 6) is -0.277. The number of benzene rings is 3. The molecule has 0 heterocycles. The number of rotatable bonds is 7. The van der Waals surface area contributed by atoms with Crippen LogP contribution in [0, 0.1) is 6.92 Å². The van der Waals surface area contributed by atoms with Crippen LogP contribution in [0.3, 0.4) is 0 Å². The molecule has 0 fully saturated rings. The minimum atomic E-state index is -0.439. The minimum absolute atomic E-state index is 0.116. The van der Waals surface area contributed by atoms with Crippen molar-refractivity contribution in [3.8, 4) is 5.75 Å². The number of halogens is 1. The van der Waals surface area contributed by atoms with Gasteiger partial charge in [0, 0.05) is 10.2 Å². The van der Waals surface area contributed by atoms with E-state index < -0.39 is 5.97 Å². The molecule has 6 nitrogen and oxygen atoms in total. The van der Waals surface area contributed by atoms with Crippen molar-refractivity contribution in [3.05, 3.63) is 94.0 Å². The van der Waals surface area contributed by atoms with Crippen LogP contribution in [-0.4, -0.2) is 24.6 Å². The lowest BCUT2D eigenvalue weighted by molar-refractivity contribution is -0.119. The third kappa shape index (κ3) is 6.56. The predicted octanol–water partition coefficient (Wildman–Crippen LogP) is 4.54. The van der Waals surface area contributed by atoms with Crippen LogP contribution in [0.2, 0.25) is 0 Å². The van der Waals surface area contributed by atoms with E-state index in [9.17, 15) is 9.59 Å². The zero-order chi connectivity index (χ0) is 21.3. The van der Waals surface area contributed by atoms with Crippen LogP contribution in [-0.2, 0) is 4.79 Å². The molecule has 30 heavy (non-hydrogen) atoms. The number of hydrogen-bond donors (Lipinski definition) is 2. The molecule has 3 rings (SSSR count). The fourth-order valence-electron chi connectivity index (χ4n) is 2.48. The molecule has 0 aliphatic rings. The molecule has 0 atom stereocenters. The molecule has 0 aliphatic heterocycles. The van der Waals surface area contributed by atoms with Gasteiger partial charge in [0.1, 0.15) is 5.75 Å². The molecule has 0 bridgehead atoms. The van der Waals surface area contributed by atoms with Crippen LogP contribution in [0.15, 0.2) is 82.4 Å². The Labute approximate surface area is 183 Å². The summed E-state index contributed by atoms with van der Waals surface area (Å²) in [5, 5.41) is 6.96. The number of aryl methyl sites for hydroxylation is 1. The molecule has 3 aromatic carbocycles. The van der Waals surface area contributed by atoms with Gasteiger partial charge in [-0.2, -0.15) is 5.10 Å². The molecule has 1 amide bonds. The van der Waals surface area contributed by atoms with Crippen molar-refractivity contribution in [2.75, 3.05) is 11.9 Å². The summed E-state index contributed by atoms with van der Waals surface area (Å²) in [5.41, 5.74) is 5.70. The number of hydrogen-bond acceptors (Lipinski definition) is 5. The normalized spacial score (nSPS) is 10.6. The highest BCUT2D eigenvalue weighted by molar-refractivity contribution is 9.10. The summed E-state index contributed by atoms with van der Waals surface area (Å²) in [4.78, 5) is 24.0. The maximum absolute atomic E-state index is 12.2. The van der Waals surface area contributed by atoms with Crippen LogP contribution in [0.5, 0.6) is 5.75 Å². The van der Waals surface area contributed by atoms with E-state index in [0.29, 0.717) is 11.3 Å². The first kappa shape index (κ1) is 21.3. The standard InChI is InChI=1S/C23H20BrN3O3/c1-16-5-9-20(10-6-16)25-15-22(28)27-26-14-17-7-11-21(12-8-17)30-23(29)18-3-2-4-19(24)13-18/h2-14,25H,15H2,1H3,(H,27,28). The molecule has 0 radical (unpaired) electrons. The average molecular weight is 466 g/mol. The Morgan fingerprint density at radius 2 is 1.77 bits per heavy atom. The maximum atomic E-state index is 12.2. The SMILES string of the molecule is Cc1ccc(NCC(=O)NN=Cc2ccc(OC(=O)c3cccc(Br)c3)cc2)cc1. The monoisotopic (exact) mass is 465 g/mol. The van der Waals surface area contributed by atoms with E-state index >= 15 is 0 Å². The first-order valence-electron chi connectivity index (χ1n) is 9.20. The van der Waals surface area contributed by atoms with Gasteiger partial charge in [-0.25, -0.2) is 10.2 Å². The van der Waals surface area contributed by atoms with Crippen molar-refractivity contribution < 1.29 is 14.3 Å². The third-order valence-electron chi connectivity index (χ3n) is 4.06. The Balaban J connectivity index is 1.46. The molecule has 7 heteroatoms. The van der Waals surface area contributed by atoms with Gasteiger partial charge in [-0.1, -0.05) is 39.7 Å². The van der Waals surface area contributed by atoms with E-state index in [0.717, 1.165) is 21.3 Å². The van der Waals surface area contributed by atoms with E-state index in [-0.39, 0.29) is 12.5 Å². The van der Waals surface area contributed by atoms with Crippen molar-refractivity contribution in [1.82, 2.24) is 5.43 Å². The van der Waals surface area contributed by atoms with Crippen LogP contribution in [0.1, 0.15) is 21.5 Å². The fraction of sp³-hybridized carbons (Fsp3) is 0.0870. The predicted molar refractivity (Wildman–Crippen MR) is 121 cm³/mol. The molecule has 0 aromatic heterocycles. The topological polar surface area (TPSA) is 79.8 Å². The second-order valence-electron chi connectivity index (χ2n) is 6.48. The van der Waals surface area contributed by atoms with Crippen LogP contribution >= 0.6 is 15.9 Å². The average Bonchev–Trinajstić information content (AvgIpc) is 2.74. The first-order chi connectivity index (χ1) is 14.5. The smallest absolute Gasteiger partial charge is 0.343 e. The van der Waals surface area contributed by atoms with E-state index in [1.165, 1.54) is 6.21 Å². The molecule has 0 saturated heterocycles. The molecular formula is C23H20BrN3O3. The van der Waals surface area contributed by atoms with Crippen LogP contribution in [0.4, 0.5) is 5.69 Å². The van der Waals surface area contributed by atoms with Gasteiger partial charge in [-0.3, -0.25) is 4.79 Å². The molecule has 0 unspecified atom stereocenters. The van der Waals surface area contributed by atoms with Crippen LogP contribution in [0.25, 0.3) is 0 Å². The fourth-order valence-corrected chi connectivity index (χ4v) is 2.87. The van der Waals surface area contributed by atoms with Gasteiger partial charge < -0.3 is 10.1 Å². The zero-order valence-electron chi connectivity index (χ0n) is 16.3. The number of hydrazone groups is 1. The van der Waals surface area contributed by atoms with Gasteiger partial charge >= 0.3 is 5.97 Å². The Morgan fingerprint density at radius 1 is 1.03 bits per heavy atom. The summed E-state index contributed by atoms with van der Waals surface area (Å²) in [7, 11) is 0. The van der Waals surface area contributed by atoms with Crippen LogP contribution < -0.4 is 15.5 Å². The number of carbonyl (C=O) groups is 2. The summed E-state index contributed by atoms with van der Waals surface area (Å²) >= 11 is 3.33. The van der Waals surface area contributed by atoms with Crippen molar-refractivity contribution in [2.45, 2.75) is 6.92 Å². The van der Waals surface area contributed by atoms with Gasteiger partial charge in [0.2, 0.25) is 0 Å².